The van der Waals surface area contributed by atoms with Gasteiger partial charge in [-0.1, -0.05) is 36.9 Å². The zero-order valence-electron chi connectivity index (χ0n) is 16.5. The Morgan fingerprint density at radius 3 is 2.50 bits per heavy atom. The summed E-state index contributed by atoms with van der Waals surface area (Å²) in [6.45, 7) is 9.10. The maximum absolute atomic E-state index is 12.0. The molecular formula is C23H26N4O. The van der Waals surface area contributed by atoms with Gasteiger partial charge in [-0.15, -0.1) is 0 Å². The zero-order valence-corrected chi connectivity index (χ0v) is 16.5. The Hall–Kier alpha value is -3.60. The first-order valence-electron chi connectivity index (χ1n) is 8.99. The van der Waals surface area contributed by atoms with Crippen molar-refractivity contribution in [2.45, 2.75) is 20.8 Å². The lowest BCUT2D eigenvalue weighted by Gasteiger charge is -2.28. The third-order valence-electron chi connectivity index (χ3n) is 3.85. The molecule has 0 bridgehead atoms. The number of aryl methyl sites for hydroxylation is 1. The van der Waals surface area contributed by atoms with Gasteiger partial charge in [0, 0.05) is 17.5 Å². The molecule has 0 saturated heterocycles. The summed E-state index contributed by atoms with van der Waals surface area (Å²) < 4.78 is 0. The Morgan fingerprint density at radius 2 is 1.93 bits per heavy atom. The lowest BCUT2D eigenvalue weighted by atomic mass is 10.2. The van der Waals surface area contributed by atoms with Gasteiger partial charge in [0.2, 0.25) is 0 Å². The fraction of sp³-hybridized carbons (Fsp3) is 0.130. The second kappa shape index (κ2) is 9.92. The molecule has 0 amide bonds. The molecule has 0 aliphatic rings. The van der Waals surface area contributed by atoms with E-state index in [4.69, 9.17) is 5.73 Å². The highest BCUT2D eigenvalue weighted by Crippen LogP contribution is 2.27. The number of ketones is 1. The number of carbonyl (C=O) groups is 1. The number of nitrogen functional groups attached to an aromatic ring is 1. The van der Waals surface area contributed by atoms with Crippen LogP contribution in [0.15, 0.2) is 90.9 Å². The van der Waals surface area contributed by atoms with Crippen LogP contribution in [0.3, 0.4) is 0 Å². The van der Waals surface area contributed by atoms with Crippen LogP contribution in [0.25, 0.3) is 0 Å². The van der Waals surface area contributed by atoms with Crippen LogP contribution in [0.2, 0.25) is 0 Å². The van der Waals surface area contributed by atoms with Crippen LogP contribution >= 0.6 is 0 Å². The van der Waals surface area contributed by atoms with Crippen LogP contribution in [-0.4, -0.2) is 10.8 Å². The van der Waals surface area contributed by atoms with Crippen molar-refractivity contribution in [3.05, 3.63) is 96.6 Å². The van der Waals surface area contributed by atoms with Gasteiger partial charge in [-0.3, -0.25) is 9.69 Å². The van der Waals surface area contributed by atoms with Crippen LogP contribution < -0.4 is 16.0 Å². The van der Waals surface area contributed by atoms with Crippen LogP contribution in [0, 0.1) is 6.92 Å². The molecule has 1 aromatic carbocycles. The van der Waals surface area contributed by atoms with E-state index in [0.29, 0.717) is 23.0 Å². The lowest BCUT2D eigenvalue weighted by molar-refractivity contribution is -0.112. The lowest BCUT2D eigenvalue weighted by Crippen LogP contribution is -2.27. The van der Waals surface area contributed by atoms with E-state index < -0.39 is 0 Å². The number of anilines is 3. The number of nitrogens with one attached hydrogen (secondary N) is 1. The summed E-state index contributed by atoms with van der Waals surface area (Å²) in [6, 6.07) is 13.3. The number of aromatic nitrogens is 1. The second-order valence-corrected chi connectivity index (χ2v) is 6.14. The van der Waals surface area contributed by atoms with Gasteiger partial charge in [0.15, 0.2) is 5.78 Å². The number of nitrogens with two attached hydrogens (primary N) is 1. The summed E-state index contributed by atoms with van der Waals surface area (Å²) in [5, 5.41) is 3.33. The molecule has 0 radical (unpaired) electrons. The number of hydrogen-bond acceptors (Lipinski definition) is 5. The van der Waals surface area contributed by atoms with Gasteiger partial charge in [0.25, 0.3) is 0 Å². The van der Waals surface area contributed by atoms with Gasteiger partial charge in [-0.05, 0) is 57.2 Å². The number of benzene rings is 1. The Bertz CT molecular complexity index is 927. The quantitative estimate of drug-likeness (QED) is 0.504. The fourth-order valence-corrected chi connectivity index (χ4v) is 2.59. The van der Waals surface area contributed by atoms with Gasteiger partial charge < -0.3 is 11.1 Å². The van der Waals surface area contributed by atoms with Crippen molar-refractivity contribution in [3.63, 3.8) is 0 Å². The van der Waals surface area contributed by atoms with Crippen molar-refractivity contribution in [3.8, 4) is 0 Å². The van der Waals surface area contributed by atoms with Crippen LogP contribution in [-0.2, 0) is 4.79 Å². The maximum Gasteiger partial charge on any atom is 0.156 e. The summed E-state index contributed by atoms with van der Waals surface area (Å²) >= 11 is 0. The second-order valence-electron chi connectivity index (χ2n) is 6.14. The molecule has 1 heterocycles. The van der Waals surface area contributed by atoms with Crippen molar-refractivity contribution < 1.29 is 4.79 Å². The van der Waals surface area contributed by atoms with Crippen molar-refractivity contribution in [1.29, 1.82) is 0 Å². The monoisotopic (exact) mass is 374 g/mol. The Kier molecular flexibility index (Phi) is 7.34. The fourth-order valence-electron chi connectivity index (χ4n) is 2.59. The summed E-state index contributed by atoms with van der Waals surface area (Å²) in [5.74, 6) is 1.12. The predicted octanol–water partition coefficient (Wildman–Crippen LogP) is 4.97. The third kappa shape index (κ3) is 5.45. The first kappa shape index (κ1) is 20.7. The molecule has 0 aliphatic heterocycles. The van der Waals surface area contributed by atoms with E-state index >= 15 is 0 Å². The molecule has 5 nitrogen and oxygen atoms in total. The van der Waals surface area contributed by atoms with Crippen LogP contribution in [0.5, 0.6) is 0 Å². The number of nitrogens with zero attached hydrogens (tertiary/aromatic N) is 2. The van der Waals surface area contributed by atoms with E-state index in [1.807, 2.05) is 73.4 Å². The molecular weight excluding hydrogens is 348 g/mol. The molecule has 2 aromatic rings. The number of allylic oxidation sites excluding steroid dienone is 5. The van der Waals surface area contributed by atoms with Crippen molar-refractivity contribution in [1.82, 2.24) is 4.98 Å². The van der Waals surface area contributed by atoms with E-state index in [1.54, 1.807) is 18.2 Å². The number of hydrogen-bond donors (Lipinski definition) is 2. The molecule has 0 spiro atoms. The molecule has 1 aromatic heterocycles. The number of rotatable bonds is 8. The zero-order chi connectivity index (χ0) is 20.5. The highest BCUT2D eigenvalue weighted by molar-refractivity contribution is 5.89. The summed E-state index contributed by atoms with van der Waals surface area (Å²) in [6.07, 6.45) is 8.94. The Morgan fingerprint density at radius 1 is 1.21 bits per heavy atom. The molecule has 0 atom stereocenters. The first-order valence-corrected chi connectivity index (χ1v) is 8.99. The smallest absolute Gasteiger partial charge is 0.156 e. The summed E-state index contributed by atoms with van der Waals surface area (Å²) in [5.41, 5.74) is 8.92. The van der Waals surface area contributed by atoms with E-state index in [0.717, 1.165) is 11.4 Å². The maximum atomic E-state index is 12.0. The average Bonchev–Trinajstić information content (AvgIpc) is 2.65. The van der Waals surface area contributed by atoms with Crippen molar-refractivity contribution in [2.24, 2.45) is 0 Å². The molecule has 28 heavy (non-hydrogen) atoms. The molecule has 5 heteroatoms. The van der Waals surface area contributed by atoms with E-state index in [1.165, 1.54) is 6.92 Å². The van der Waals surface area contributed by atoms with Gasteiger partial charge in [0.05, 0.1) is 11.4 Å². The molecule has 0 aliphatic carbocycles. The van der Waals surface area contributed by atoms with E-state index in [9.17, 15) is 4.79 Å². The standard InChI is InChI=1S/C23H26N4O/c1-5-10-20(11-6-2)27(22-15-14-21(24)18(4)25-22)23(16-17(3)28)26-19-12-8-7-9-13-19/h5-16,26H,1,24H2,2-4H3/b11-6-,20-10+,23-16-. The SMILES string of the molecule is C=C/C=C(\C=C/C)N(/C(=C\C(C)=O)Nc1ccccc1)c1ccc(N)c(C)n1. The molecule has 0 saturated carbocycles. The molecule has 3 N–H and O–H groups in total. The normalized spacial score (nSPS) is 12.1. The third-order valence-corrected chi connectivity index (χ3v) is 3.85. The first-order chi connectivity index (χ1) is 13.5. The van der Waals surface area contributed by atoms with Gasteiger partial charge in [-0.2, -0.15) is 0 Å². The number of pyridine rings is 1. The predicted molar refractivity (Wildman–Crippen MR) is 118 cm³/mol. The number of para-hydroxylation sites is 1. The van der Waals surface area contributed by atoms with E-state index in [2.05, 4.69) is 16.9 Å². The largest absolute Gasteiger partial charge is 0.397 e. The Balaban J connectivity index is 2.67. The van der Waals surface area contributed by atoms with Gasteiger partial charge in [-0.25, -0.2) is 4.98 Å². The highest BCUT2D eigenvalue weighted by Gasteiger charge is 2.18. The van der Waals surface area contributed by atoms with Crippen molar-refractivity contribution in [2.75, 3.05) is 16.0 Å². The number of carbonyl (C=O) groups excluding carboxylic acids is 1. The summed E-state index contributed by atoms with van der Waals surface area (Å²) in [4.78, 5) is 18.5. The molecule has 0 unspecified atom stereocenters. The van der Waals surface area contributed by atoms with E-state index in [-0.39, 0.29) is 5.78 Å². The minimum Gasteiger partial charge on any atom is -0.397 e. The van der Waals surface area contributed by atoms with Gasteiger partial charge >= 0.3 is 0 Å². The molecule has 2 rings (SSSR count). The summed E-state index contributed by atoms with van der Waals surface area (Å²) in [7, 11) is 0. The highest BCUT2D eigenvalue weighted by atomic mass is 16.1. The van der Waals surface area contributed by atoms with Crippen molar-refractivity contribution >= 4 is 23.0 Å². The minimum absolute atomic E-state index is 0.0889. The molecule has 144 valence electrons. The van der Waals surface area contributed by atoms with Gasteiger partial charge in [0.1, 0.15) is 11.6 Å². The minimum atomic E-state index is -0.0889. The average molecular weight is 374 g/mol. The Labute approximate surface area is 166 Å². The topological polar surface area (TPSA) is 71.2 Å². The molecule has 0 fully saturated rings. The van der Waals surface area contributed by atoms with Crippen LogP contribution in [0.4, 0.5) is 17.2 Å². The van der Waals surface area contributed by atoms with Crippen LogP contribution in [0.1, 0.15) is 19.5 Å².